The molecule has 3 amide bonds. The number of carbonyl (C=O) groups excluding carboxylic acids is 3. The Morgan fingerprint density at radius 2 is 1.96 bits per heavy atom. The molecule has 2 saturated heterocycles. The molecule has 0 radical (unpaired) electrons. The van der Waals surface area contributed by atoms with Gasteiger partial charge in [-0.05, 0) is 25.5 Å². The zero-order chi connectivity index (χ0) is 18.3. The standard InChI is InChI=1S/C17H19N3O5S/c1-17-7-6-14(21)20(17)10(9-26-17)15(22)18-19-16(23)13-8-24-11-4-2-3-5-12(11)25-13/h2-5,10,13H,6-9H2,1H3,(H,18,22)(H,19,23)/t10-,13-,17-/m0/s1. The monoisotopic (exact) mass is 377 g/mol. The summed E-state index contributed by atoms with van der Waals surface area (Å²) in [5, 5.41) is 0. The van der Waals surface area contributed by atoms with Gasteiger partial charge in [0.1, 0.15) is 12.6 Å². The van der Waals surface area contributed by atoms with E-state index in [-0.39, 0.29) is 17.4 Å². The number of carbonyl (C=O) groups is 3. The van der Waals surface area contributed by atoms with Gasteiger partial charge in [-0.1, -0.05) is 12.1 Å². The SMILES string of the molecule is C[C@]12CCC(=O)N1[C@H](C(=O)NNC(=O)[C@@H]1COc3ccccc3O1)CS2. The maximum Gasteiger partial charge on any atom is 0.283 e. The minimum atomic E-state index is -0.859. The van der Waals surface area contributed by atoms with Crippen LogP contribution in [-0.2, 0) is 14.4 Å². The molecule has 8 nitrogen and oxygen atoms in total. The number of ether oxygens (including phenoxy) is 2. The van der Waals surface area contributed by atoms with Gasteiger partial charge in [0.15, 0.2) is 11.5 Å². The predicted octanol–water partition coefficient (Wildman–Crippen LogP) is 0.428. The summed E-state index contributed by atoms with van der Waals surface area (Å²) in [7, 11) is 0. The third kappa shape index (κ3) is 2.86. The van der Waals surface area contributed by atoms with E-state index in [1.807, 2.05) is 13.0 Å². The molecule has 0 bridgehead atoms. The van der Waals surface area contributed by atoms with Crippen molar-refractivity contribution in [1.29, 1.82) is 0 Å². The van der Waals surface area contributed by atoms with Crippen molar-refractivity contribution in [2.24, 2.45) is 0 Å². The molecule has 0 aromatic heterocycles. The minimum Gasteiger partial charge on any atom is -0.485 e. The number of thioether (sulfide) groups is 1. The number of hydrogen-bond acceptors (Lipinski definition) is 6. The fourth-order valence-corrected chi connectivity index (χ4v) is 4.88. The van der Waals surface area contributed by atoms with Crippen molar-refractivity contribution in [3.8, 4) is 11.5 Å². The van der Waals surface area contributed by atoms with Crippen LogP contribution in [0.5, 0.6) is 11.5 Å². The molecular formula is C17H19N3O5S. The summed E-state index contributed by atoms with van der Waals surface area (Å²) in [4.78, 5) is 38.1. The molecule has 0 unspecified atom stereocenters. The van der Waals surface area contributed by atoms with Crippen LogP contribution in [0.25, 0.3) is 0 Å². The molecule has 3 atom stereocenters. The van der Waals surface area contributed by atoms with Gasteiger partial charge in [0.2, 0.25) is 12.0 Å². The zero-order valence-corrected chi connectivity index (χ0v) is 15.0. The first kappa shape index (κ1) is 17.0. The second kappa shape index (κ2) is 6.39. The molecule has 0 spiro atoms. The number of benzene rings is 1. The van der Waals surface area contributed by atoms with Gasteiger partial charge in [0.25, 0.3) is 11.8 Å². The molecule has 4 rings (SSSR count). The van der Waals surface area contributed by atoms with Crippen molar-refractivity contribution in [2.75, 3.05) is 12.4 Å². The Kier molecular flexibility index (Phi) is 4.18. The lowest BCUT2D eigenvalue weighted by Gasteiger charge is -2.30. The van der Waals surface area contributed by atoms with Crippen molar-refractivity contribution in [3.63, 3.8) is 0 Å². The molecule has 1 aromatic rings. The molecule has 3 aliphatic heterocycles. The molecule has 3 aliphatic rings. The summed E-state index contributed by atoms with van der Waals surface area (Å²) in [5.41, 5.74) is 4.79. The molecule has 138 valence electrons. The second-order valence-corrected chi connectivity index (χ2v) is 8.11. The van der Waals surface area contributed by atoms with Crippen molar-refractivity contribution < 1.29 is 23.9 Å². The van der Waals surface area contributed by atoms with Gasteiger partial charge in [0, 0.05) is 12.2 Å². The number of hydrogen-bond donors (Lipinski definition) is 2. The summed E-state index contributed by atoms with van der Waals surface area (Å²) in [6, 6.07) is 6.49. The highest BCUT2D eigenvalue weighted by atomic mass is 32.2. The largest absolute Gasteiger partial charge is 0.485 e. The summed E-state index contributed by atoms with van der Waals surface area (Å²) in [6.45, 7) is 2.03. The third-order valence-corrected chi connectivity index (χ3v) is 6.36. The van der Waals surface area contributed by atoms with Crippen LogP contribution >= 0.6 is 11.8 Å². The first-order valence-corrected chi connectivity index (χ1v) is 9.41. The summed E-state index contributed by atoms with van der Waals surface area (Å²) >= 11 is 1.60. The van der Waals surface area contributed by atoms with Gasteiger partial charge >= 0.3 is 0 Å². The van der Waals surface area contributed by atoms with E-state index in [2.05, 4.69) is 10.9 Å². The van der Waals surface area contributed by atoms with Gasteiger partial charge in [0.05, 0.1) is 4.87 Å². The van der Waals surface area contributed by atoms with Gasteiger partial charge in [-0.3, -0.25) is 25.2 Å². The van der Waals surface area contributed by atoms with Gasteiger partial charge in [-0.15, -0.1) is 11.8 Å². The van der Waals surface area contributed by atoms with Gasteiger partial charge < -0.3 is 14.4 Å². The van der Waals surface area contributed by atoms with E-state index < -0.39 is 24.0 Å². The first-order chi connectivity index (χ1) is 12.5. The van der Waals surface area contributed by atoms with Crippen molar-refractivity contribution in [1.82, 2.24) is 15.8 Å². The zero-order valence-electron chi connectivity index (χ0n) is 14.2. The molecular weight excluding hydrogens is 358 g/mol. The fraction of sp³-hybridized carbons (Fsp3) is 0.471. The summed E-state index contributed by atoms with van der Waals surface area (Å²) in [5.74, 6) is 0.646. The number of nitrogens with zero attached hydrogens (tertiary/aromatic N) is 1. The topological polar surface area (TPSA) is 97.0 Å². The molecule has 26 heavy (non-hydrogen) atoms. The van der Waals surface area contributed by atoms with E-state index in [4.69, 9.17) is 9.47 Å². The Labute approximate surface area is 154 Å². The van der Waals surface area contributed by atoms with Crippen LogP contribution in [0.3, 0.4) is 0 Å². The van der Waals surface area contributed by atoms with Crippen molar-refractivity contribution in [3.05, 3.63) is 24.3 Å². The smallest absolute Gasteiger partial charge is 0.283 e. The van der Waals surface area contributed by atoms with E-state index in [9.17, 15) is 14.4 Å². The average Bonchev–Trinajstić information content (AvgIpc) is 3.15. The Morgan fingerprint density at radius 1 is 1.23 bits per heavy atom. The van der Waals surface area contributed by atoms with Crippen LogP contribution in [-0.4, -0.2) is 52.0 Å². The number of fused-ring (bicyclic) bond motifs is 2. The second-order valence-electron chi connectivity index (χ2n) is 6.61. The highest BCUT2D eigenvalue weighted by Crippen LogP contribution is 2.47. The van der Waals surface area contributed by atoms with Crippen LogP contribution in [0.1, 0.15) is 19.8 Å². The number of amides is 3. The molecule has 0 aliphatic carbocycles. The Bertz CT molecular complexity index is 773. The molecule has 3 heterocycles. The molecule has 2 N–H and O–H groups in total. The number of hydrazine groups is 1. The molecule has 2 fully saturated rings. The van der Waals surface area contributed by atoms with Crippen LogP contribution < -0.4 is 20.3 Å². The first-order valence-electron chi connectivity index (χ1n) is 8.42. The summed E-state index contributed by atoms with van der Waals surface area (Å²) in [6.07, 6.45) is 0.327. The average molecular weight is 377 g/mol. The lowest BCUT2D eigenvalue weighted by molar-refractivity contribution is -0.140. The van der Waals surface area contributed by atoms with Gasteiger partial charge in [-0.25, -0.2) is 0 Å². The maximum absolute atomic E-state index is 12.5. The Hall–Kier alpha value is -2.42. The van der Waals surface area contributed by atoms with Crippen molar-refractivity contribution >= 4 is 29.5 Å². The lowest BCUT2D eigenvalue weighted by atomic mass is 10.2. The van der Waals surface area contributed by atoms with E-state index in [0.717, 1.165) is 6.42 Å². The Balaban J connectivity index is 1.34. The lowest BCUT2D eigenvalue weighted by Crippen LogP contribution is -2.56. The number of para-hydroxylation sites is 2. The van der Waals surface area contributed by atoms with E-state index >= 15 is 0 Å². The van der Waals surface area contributed by atoms with Crippen LogP contribution in [0, 0.1) is 0 Å². The molecule has 0 saturated carbocycles. The van der Waals surface area contributed by atoms with E-state index in [1.165, 1.54) is 0 Å². The van der Waals surface area contributed by atoms with Crippen LogP contribution in [0.4, 0.5) is 0 Å². The van der Waals surface area contributed by atoms with Crippen molar-refractivity contribution in [2.45, 2.75) is 36.8 Å². The third-order valence-electron chi connectivity index (χ3n) is 4.86. The number of rotatable bonds is 2. The van der Waals surface area contributed by atoms with Gasteiger partial charge in [-0.2, -0.15) is 0 Å². The van der Waals surface area contributed by atoms with Crippen LogP contribution in [0.2, 0.25) is 0 Å². The van der Waals surface area contributed by atoms with E-state index in [1.54, 1.807) is 34.9 Å². The predicted molar refractivity (Wildman–Crippen MR) is 93.4 cm³/mol. The molecule has 9 heteroatoms. The van der Waals surface area contributed by atoms with E-state index in [0.29, 0.717) is 23.7 Å². The highest BCUT2D eigenvalue weighted by Gasteiger charge is 2.53. The molecule has 1 aromatic carbocycles. The number of nitrogens with one attached hydrogen (secondary N) is 2. The highest BCUT2D eigenvalue weighted by molar-refractivity contribution is 8.01. The summed E-state index contributed by atoms with van der Waals surface area (Å²) < 4.78 is 11.1. The maximum atomic E-state index is 12.5. The fourth-order valence-electron chi connectivity index (χ4n) is 3.45. The quantitative estimate of drug-likeness (QED) is 0.726. The minimum absolute atomic E-state index is 0.0235. The Morgan fingerprint density at radius 3 is 2.77 bits per heavy atom. The normalized spacial score (nSPS) is 29.3. The van der Waals surface area contributed by atoms with Crippen LogP contribution in [0.15, 0.2) is 24.3 Å².